The van der Waals surface area contributed by atoms with Crippen molar-refractivity contribution in [2.24, 2.45) is 7.05 Å². The number of hydrogen-bond acceptors (Lipinski definition) is 8. The third-order valence-corrected chi connectivity index (χ3v) is 4.26. The molecule has 10 heteroatoms. The first kappa shape index (κ1) is 16.2. The molecule has 5 rings (SSSR count). The second kappa shape index (κ2) is 6.34. The first-order valence-corrected chi connectivity index (χ1v) is 8.48. The van der Waals surface area contributed by atoms with Gasteiger partial charge in [0.25, 0.3) is 0 Å². The fourth-order valence-corrected chi connectivity index (χ4v) is 2.96. The minimum absolute atomic E-state index is 0.277. The maximum absolute atomic E-state index is 5.98. The second-order valence-electron chi connectivity index (χ2n) is 6.16. The van der Waals surface area contributed by atoms with Crippen molar-refractivity contribution < 1.29 is 14.0 Å². The molecule has 0 saturated carbocycles. The molecule has 0 amide bonds. The largest absolute Gasteiger partial charge is 0.470 e. The molecule has 0 aliphatic heterocycles. The van der Waals surface area contributed by atoms with Crippen LogP contribution in [0.2, 0.25) is 0 Å². The molecule has 0 unspecified atom stereocenters. The molecule has 4 heterocycles. The van der Waals surface area contributed by atoms with Gasteiger partial charge in [-0.2, -0.15) is 4.52 Å². The van der Waals surface area contributed by atoms with Gasteiger partial charge in [0.05, 0.1) is 25.2 Å². The van der Waals surface area contributed by atoms with Gasteiger partial charge in [-0.1, -0.05) is 23.4 Å². The Kier molecular flexibility index (Phi) is 3.68. The van der Waals surface area contributed by atoms with E-state index in [1.54, 1.807) is 16.9 Å². The van der Waals surface area contributed by atoms with Crippen molar-refractivity contribution in [2.45, 2.75) is 6.61 Å². The summed E-state index contributed by atoms with van der Waals surface area (Å²) in [7, 11) is 3.41. The van der Waals surface area contributed by atoms with Crippen molar-refractivity contribution in [3.05, 3.63) is 48.5 Å². The van der Waals surface area contributed by atoms with Gasteiger partial charge in [-0.15, -0.1) is 15.3 Å². The molecular weight excluding hydrogens is 362 g/mol. The van der Waals surface area contributed by atoms with Crippen LogP contribution in [-0.4, -0.2) is 41.6 Å². The normalized spacial score (nSPS) is 11.4. The van der Waals surface area contributed by atoms with Crippen molar-refractivity contribution in [1.29, 1.82) is 0 Å². The molecule has 0 fully saturated rings. The zero-order chi connectivity index (χ0) is 19.1. The van der Waals surface area contributed by atoms with E-state index in [1.165, 1.54) is 7.11 Å². The number of methoxy groups -OCH3 is 1. The summed E-state index contributed by atoms with van der Waals surface area (Å²) < 4.78 is 19.6. The van der Waals surface area contributed by atoms with Crippen molar-refractivity contribution in [3.8, 4) is 23.3 Å². The first-order chi connectivity index (χ1) is 13.7. The SMILES string of the molecule is COc1cc(-c2nnc3c4ccccc4c(OCc4cn(C)cn4)nn23)no1. The van der Waals surface area contributed by atoms with Crippen LogP contribution < -0.4 is 9.47 Å². The van der Waals surface area contributed by atoms with Crippen LogP contribution in [-0.2, 0) is 13.7 Å². The molecule has 0 spiro atoms. The Morgan fingerprint density at radius 2 is 2.00 bits per heavy atom. The zero-order valence-corrected chi connectivity index (χ0v) is 15.1. The van der Waals surface area contributed by atoms with E-state index < -0.39 is 0 Å². The standard InChI is InChI=1S/C18H15N7O3/c1-24-8-11(19-10-24)9-27-18-13-6-4-3-5-12(13)16-20-21-17(25(16)22-18)14-7-15(26-2)28-23-14/h3-8,10H,9H2,1-2H3. The van der Waals surface area contributed by atoms with Gasteiger partial charge in [0.2, 0.25) is 11.7 Å². The van der Waals surface area contributed by atoms with Gasteiger partial charge in [-0.25, -0.2) is 4.98 Å². The number of fused-ring (bicyclic) bond motifs is 3. The van der Waals surface area contributed by atoms with Gasteiger partial charge < -0.3 is 18.6 Å². The van der Waals surface area contributed by atoms with Crippen molar-refractivity contribution in [3.63, 3.8) is 0 Å². The van der Waals surface area contributed by atoms with E-state index in [1.807, 2.05) is 42.1 Å². The van der Waals surface area contributed by atoms with Gasteiger partial charge >= 0.3 is 5.95 Å². The lowest BCUT2D eigenvalue weighted by atomic mass is 10.2. The lowest BCUT2D eigenvalue weighted by Crippen LogP contribution is -2.03. The Morgan fingerprint density at radius 1 is 1.14 bits per heavy atom. The van der Waals surface area contributed by atoms with E-state index in [2.05, 4.69) is 25.4 Å². The molecule has 0 radical (unpaired) electrons. The molecule has 5 aromatic rings. The molecule has 0 N–H and O–H groups in total. The number of aryl methyl sites for hydroxylation is 1. The first-order valence-electron chi connectivity index (χ1n) is 8.48. The van der Waals surface area contributed by atoms with Gasteiger partial charge in [0.1, 0.15) is 6.61 Å². The lowest BCUT2D eigenvalue weighted by molar-refractivity contribution is 0.261. The van der Waals surface area contributed by atoms with Crippen LogP contribution in [0.15, 0.2) is 47.4 Å². The maximum Gasteiger partial charge on any atom is 0.311 e. The number of imidazole rings is 1. The summed E-state index contributed by atoms with van der Waals surface area (Å²) in [6.45, 7) is 0.290. The Balaban J connectivity index is 1.64. The summed E-state index contributed by atoms with van der Waals surface area (Å²) in [4.78, 5) is 4.28. The van der Waals surface area contributed by atoms with Crippen molar-refractivity contribution in [2.75, 3.05) is 7.11 Å². The smallest absolute Gasteiger partial charge is 0.311 e. The fraction of sp³-hybridized carbons (Fsp3) is 0.167. The van der Waals surface area contributed by atoms with Crippen LogP contribution in [0.3, 0.4) is 0 Å². The summed E-state index contributed by atoms with van der Waals surface area (Å²) in [6, 6.07) is 9.36. The quantitative estimate of drug-likeness (QED) is 0.459. The Hall–Kier alpha value is -3.95. The van der Waals surface area contributed by atoms with Crippen LogP contribution in [0.4, 0.5) is 0 Å². The topological polar surface area (TPSA) is 105 Å². The molecule has 10 nitrogen and oxygen atoms in total. The highest BCUT2D eigenvalue weighted by atomic mass is 16.6. The van der Waals surface area contributed by atoms with Gasteiger partial charge in [0.15, 0.2) is 11.3 Å². The van der Waals surface area contributed by atoms with Gasteiger partial charge in [-0.05, 0) is 6.07 Å². The number of aromatic nitrogens is 7. The highest BCUT2D eigenvalue weighted by molar-refractivity contribution is 5.96. The molecule has 28 heavy (non-hydrogen) atoms. The fourth-order valence-electron chi connectivity index (χ4n) is 2.96. The van der Waals surface area contributed by atoms with Crippen LogP contribution in [0.25, 0.3) is 27.9 Å². The van der Waals surface area contributed by atoms with Crippen LogP contribution in [0, 0.1) is 0 Å². The molecular formula is C18H15N7O3. The number of benzene rings is 1. The summed E-state index contributed by atoms with van der Waals surface area (Å²) in [5, 5.41) is 18.8. The third kappa shape index (κ3) is 2.62. The van der Waals surface area contributed by atoms with Crippen LogP contribution in [0.1, 0.15) is 5.69 Å². The minimum atomic E-state index is 0.277. The molecule has 4 aromatic heterocycles. The van der Waals surface area contributed by atoms with E-state index in [4.69, 9.17) is 14.0 Å². The maximum atomic E-state index is 5.98. The minimum Gasteiger partial charge on any atom is -0.470 e. The molecule has 0 aliphatic carbocycles. The molecule has 0 bridgehead atoms. The molecule has 1 aromatic carbocycles. The molecule has 0 aliphatic rings. The van der Waals surface area contributed by atoms with Gasteiger partial charge in [-0.3, -0.25) is 0 Å². The van der Waals surface area contributed by atoms with Crippen molar-refractivity contribution >= 4 is 16.4 Å². The van der Waals surface area contributed by atoms with Crippen molar-refractivity contribution in [1.82, 2.24) is 34.5 Å². The summed E-state index contributed by atoms with van der Waals surface area (Å²) in [5.74, 6) is 1.15. The van der Waals surface area contributed by atoms with E-state index >= 15 is 0 Å². The Morgan fingerprint density at radius 3 is 2.75 bits per heavy atom. The molecule has 0 saturated heterocycles. The molecule has 0 atom stereocenters. The Bertz CT molecular complexity index is 1290. The zero-order valence-electron chi connectivity index (χ0n) is 15.1. The second-order valence-corrected chi connectivity index (χ2v) is 6.16. The van der Waals surface area contributed by atoms with Crippen LogP contribution in [0.5, 0.6) is 11.8 Å². The monoisotopic (exact) mass is 377 g/mol. The number of nitrogens with zero attached hydrogens (tertiary/aromatic N) is 7. The average Bonchev–Trinajstić information content (AvgIpc) is 3.45. The Labute approximate surface area is 158 Å². The van der Waals surface area contributed by atoms with Gasteiger partial charge in [0, 0.05) is 24.0 Å². The van der Waals surface area contributed by atoms with E-state index in [0.29, 0.717) is 29.7 Å². The van der Waals surface area contributed by atoms with E-state index in [9.17, 15) is 0 Å². The lowest BCUT2D eigenvalue weighted by Gasteiger charge is -2.08. The summed E-state index contributed by atoms with van der Waals surface area (Å²) >= 11 is 0. The number of rotatable bonds is 5. The number of hydrogen-bond donors (Lipinski definition) is 0. The van der Waals surface area contributed by atoms with Crippen LogP contribution >= 0.6 is 0 Å². The number of ether oxygens (including phenoxy) is 2. The van der Waals surface area contributed by atoms with E-state index in [-0.39, 0.29) is 5.95 Å². The average molecular weight is 377 g/mol. The van der Waals surface area contributed by atoms with E-state index in [0.717, 1.165) is 16.5 Å². The molecule has 140 valence electrons. The highest BCUT2D eigenvalue weighted by Crippen LogP contribution is 2.29. The summed E-state index contributed by atoms with van der Waals surface area (Å²) in [6.07, 6.45) is 3.62. The highest BCUT2D eigenvalue weighted by Gasteiger charge is 2.19. The summed E-state index contributed by atoms with van der Waals surface area (Å²) in [5.41, 5.74) is 1.86. The predicted molar refractivity (Wildman–Crippen MR) is 97.9 cm³/mol. The third-order valence-electron chi connectivity index (χ3n) is 4.26. The predicted octanol–water partition coefficient (Wildman–Crippen LogP) is 2.25.